The second kappa shape index (κ2) is 3.29. The van der Waals surface area contributed by atoms with Crippen LogP contribution in [0.5, 0.6) is 0 Å². The number of aromatic nitrogens is 3. The van der Waals surface area contributed by atoms with Crippen LogP contribution in [0.25, 0.3) is 0 Å². The fourth-order valence-electron chi connectivity index (χ4n) is 1.39. The van der Waals surface area contributed by atoms with E-state index in [1.807, 2.05) is 0 Å². The molecule has 2 aromatic rings. The average Bonchev–Trinajstić information content (AvgIpc) is 2.62. The number of hydrogen-bond acceptors (Lipinski definition) is 3. The smallest absolute Gasteiger partial charge is 0.236 e. The Labute approximate surface area is 82.6 Å². The summed E-state index contributed by atoms with van der Waals surface area (Å²) < 4.78 is 7.35. The van der Waals surface area contributed by atoms with Gasteiger partial charge < -0.3 is 8.98 Å². The third kappa shape index (κ3) is 1.69. The summed E-state index contributed by atoms with van der Waals surface area (Å²) >= 11 is 0. The number of rotatable bonds is 2. The maximum Gasteiger partial charge on any atom is 0.236 e. The molecule has 0 aliphatic carbocycles. The summed E-state index contributed by atoms with van der Waals surface area (Å²) in [5, 5.41) is 7.72. The van der Waals surface area contributed by atoms with Crippen LogP contribution in [0.15, 0.2) is 16.8 Å². The summed E-state index contributed by atoms with van der Waals surface area (Å²) in [6, 6.07) is 0. The molecule has 74 valence electrons. The standard InChI is InChI=1S/C10H13N3O/c1-7-4-13(5-8(7)2)6-10-12-11-9(3)14-10/h4-5H,6H2,1-3H3. The maximum absolute atomic E-state index is 5.29. The first-order valence-electron chi connectivity index (χ1n) is 4.57. The molecule has 0 unspecified atom stereocenters. The van der Waals surface area contributed by atoms with Crippen LogP contribution < -0.4 is 0 Å². The van der Waals surface area contributed by atoms with Gasteiger partial charge in [-0.3, -0.25) is 0 Å². The Bertz CT molecular complexity index is 422. The Hall–Kier alpha value is -1.58. The molecule has 0 aliphatic heterocycles. The quantitative estimate of drug-likeness (QED) is 0.727. The Morgan fingerprint density at radius 1 is 1.14 bits per heavy atom. The lowest BCUT2D eigenvalue weighted by Crippen LogP contribution is -1.96. The van der Waals surface area contributed by atoms with Gasteiger partial charge in [0.25, 0.3) is 0 Å². The van der Waals surface area contributed by atoms with Gasteiger partial charge in [0, 0.05) is 19.3 Å². The summed E-state index contributed by atoms with van der Waals surface area (Å²) in [6.07, 6.45) is 4.16. The van der Waals surface area contributed by atoms with Crippen LogP contribution in [-0.4, -0.2) is 14.8 Å². The van der Waals surface area contributed by atoms with Crippen LogP contribution in [0.1, 0.15) is 22.9 Å². The first kappa shape index (κ1) is 8.99. The van der Waals surface area contributed by atoms with E-state index in [9.17, 15) is 0 Å². The molecule has 0 radical (unpaired) electrons. The van der Waals surface area contributed by atoms with E-state index >= 15 is 0 Å². The van der Waals surface area contributed by atoms with Gasteiger partial charge in [-0.05, 0) is 25.0 Å². The molecule has 0 saturated heterocycles. The van der Waals surface area contributed by atoms with E-state index in [-0.39, 0.29) is 0 Å². The third-order valence-electron chi connectivity index (χ3n) is 2.23. The third-order valence-corrected chi connectivity index (χ3v) is 2.23. The first-order chi connectivity index (χ1) is 6.65. The minimum absolute atomic E-state index is 0.612. The number of hydrogen-bond donors (Lipinski definition) is 0. The van der Waals surface area contributed by atoms with E-state index in [2.05, 4.69) is 41.0 Å². The molecule has 0 bridgehead atoms. The van der Waals surface area contributed by atoms with Gasteiger partial charge in [0.05, 0.1) is 0 Å². The van der Waals surface area contributed by atoms with E-state index in [0.29, 0.717) is 18.3 Å². The molecule has 4 heteroatoms. The fraction of sp³-hybridized carbons (Fsp3) is 0.400. The van der Waals surface area contributed by atoms with Crippen molar-refractivity contribution in [2.24, 2.45) is 0 Å². The van der Waals surface area contributed by atoms with Gasteiger partial charge in [-0.15, -0.1) is 10.2 Å². The molecule has 0 aliphatic rings. The van der Waals surface area contributed by atoms with Crippen LogP contribution in [0.3, 0.4) is 0 Å². The molecule has 14 heavy (non-hydrogen) atoms. The van der Waals surface area contributed by atoms with Crippen LogP contribution in [0.2, 0.25) is 0 Å². The highest BCUT2D eigenvalue weighted by Crippen LogP contribution is 2.09. The first-order valence-corrected chi connectivity index (χ1v) is 4.57. The van der Waals surface area contributed by atoms with Crippen LogP contribution >= 0.6 is 0 Å². The topological polar surface area (TPSA) is 43.9 Å². The number of aryl methyl sites for hydroxylation is 3. The van der Waals surface area contributed by atoms with Crippen molar-refractivity contribution >= 4 is 0 Å². The van der Waals surface area contributed by atoms with E-state index in [1.165, 1.54) is 11.1 Å². The molecular weight excluding hydrogens is 178 g/mol. The molecule has 0 N–H and O–H groups in total. The van der Waals surface area contributed by atoms with Crippen molar-refractivity contribution < 1.29 is 4.42 Å². The molecule has 2 rings (SSSR count). The molecule has 0 atom stereocenters. The van der Waals surface area contributed by atoms with Crippen LogP contribution in [0, 0.1) is 20.8 Å². The van der Waals surface area contributed by atoms with Gasteiger partial charge in [-0.1, -0.05) is 0 Å². The predicted molar refractivity (Wildman–Crippen MR) is 52.0 cm³/mol. The Balaban J connectivity index is 2.18. The summed E-state index contributed by atoms with van der Waals surface area (Å²) in [6.45, 7) is 6.62. The molecule has 0 spiro atoms. The summed E-state index contributed by atoms with van der Waals surface area (Å²) in [4.78, 5) is 0. The molecule has 0 aromatic carbocycles. The highest BCUT2D eigenvalue weighted by atomic mass is 16.4. The van der Waals surface area contributed by atoms with Crippen molar-refractivity contribution in [2.45, 2.75) is 27.3 Å². The molecule has 2 aromatic heterocycles. The minimum atomic E-state index is 0.612. The van der Waals surface area contributed by atoms with E-state index in [4.69, 9.17) is 4.42 Å². The number of nitrogens with zero attached hydrogens (tertiary/aromatic N) is 3. The van der Waals surface area contributed by atoms with Crippen molar-refractivity contribution in [1.82, 2.24) is 14.8 Å². The van der Waals surface area contributed by atoms with E-state index in [1.54, 1.807) is 6.92 Å². The molecule has 0 amide bonds. The zero-order valence-corrected chi connectivity index (χ0v) is 8.61. The molecule has 2 heterocycles. The van der Waals surface area contributed by atoms with E-state index < -0.39 is 0 Å². The monoisotopic (exact) mass is 191 g/mol. The van der Waals surface area contributed by atoms with Crippen molar-refractivity contribution in [3.63, 3.8) is 0 Å². The fourth-order valence-corrected chi connectivity index (χ4v) is 1.39. The molecular formula is C10H13N3O. The molecule has 0 fully saturated rings. The summed E-state index contributed by atoms with van der Waals surface area (Å²) in [5.74, 6) is 1.26. The second-order valence-electron chi connectivity index (χ2n) is 3.51. The Kier molecular flexibility index (Phi) is 2.11. The average molecular weight is 191 g/mol. The van der Waals surface area contributed by atoms with Crippen LogP contribution in [0.4, 0.5) is 0 Å². The van der Waals surface area contributed by atoms with Gasteiger partial charge in [0.15, 0.2) is 0 Å². The van der Waals surface area contributed by atoms with Crippen molar-refractivity contribution in [3.8, 4) is 0 Å². The SMILES string of the molecule is Cc1nnc(Cn2cc(C)c(C)c2)o1. The lowest BCUT2D eigenvalue weighted by atomic mass is 10.2. The maximum atomic E-state index is 5.29. The zero-order valence-electron chi connectivity index (χ0n) is 8.61. The predicted octanol–water partition coefficient (Wildman–Crippen LogP) is 1.84. The van der Waals surface area contributed by atoms with Gasteiger partial charge in [0.1, 0.15) is 6.54 Å². The van der Waals surface area contributed by atoms with Crippen molar-refractivity contribution in [2.75, 3.05) is 0 Å². The Morgan fingerprint density at radius 3 is 2.29 bits per heavy atom. The summed E-state index contributed by atoms with van der Waals surface area (Å²) in [5.41, 5.74) is 2.56. The normalized spacial score (nSPS) is 10.8. The lowest BCUT2D eigenvalue weighted by Gasteiger charge is -1.95. The lowest BCUT2D eigenvalue weighted by molar-refractivity contribution is 0.455. The summed E-state index contributed by atoms with van der Waals surface area (Å²) in [7, 11) is 0. The van der Waals surface area contributed by atoms with Gasteiger partial charge in [-0.2, -0.15) is 0 Å². The van der Waals surface area contributed by atoms with Gasteiger partial charge in [-0.25, -0.2) is 0 Å². The highest BCUT2D eigenvalue weighted by molar-refractivity contribution is 5.20. The Morgan fingerprint density at radius 2 is 1.79 bits per heavy atom. The van der Waals surface area contributed by atoms with Crippen molar-refractivity contribution in [3.05, 3.63) is 35.3 Å². The zero-order chi connectivity index (χ0) is 10.1. The second-order valence-corrected chi connectivity index (χ2v) is 3.51. The molecule has 0 saturated carbocycles. The largest absolute Gasteiger partial charge is 0.424 e. The van der Waals surface area contributed by atoms with Crippen LogP contribution in [-0.2, 0) is 6.54 Å². The van der Waals surface area contributed by atoms with Gasteiger partial charge >= 0.3 is 0 Å². The van der Waals surface area contributed by atoms with Gasteiger partial charge in [0.2, 0.25) is 11.8 Å². The minimum Gasteiger partial charge on any atom is -0.424 e. The van der Waals surface area contributed by atoms with E-state index in [0.717, 1.165) is 0 Å². The molecule has 4 nitrogen and oxygen atoms in total. The van der Waals surface area contributed by atoms with Crippen molar-refractivity contribution in [1.29, 1.82) is 0 Å². The highest BCUT2D eigenvalue weighted by Gasteiger charge is 2.04.